The summed E-state index contributed by atoms with van der Waals surface area (Å²) in [5.74, 6) is -0.831. The molecule has 0 saturated carbocycles. The van der Waals surface area contributed by atoms with Crippen LogP contribution in [0.15, 0.2) is 24.4 Å². The fourth-order valence-corrected chi connectivity index (χ4v) is 1.43. The van der Waals surface area contributed by atoms with Crippen LogP contribution in [0.2, 0.25) is 5.02 Å². The molecule has 2 rings (SSSR count). The van der Waals surface area contributed by atoms with Crippen LogP contribution < -0.4 is 11.1 Å². The first-order valence-corrected chi connectivity index (χ1v) is 5.01. The van der Waals surface area contributed by atoms with Crippen molar-refractivity contribution >= 4 is 29.0 Å². The maximum atomic E-state index is 12.9. The van der Waals surface area contributed by atoms with E-state index in [4.69, 9.17) is 17.3 Å². The minimum absolute atomic E-state index is 0.0667. The molecule has 88 valence electrons. The monoisotopic (exact) mass is 254 g/mol. The summed E-state index contributed by atoms with van der Waals surface area (Å²) in [6, 6.07) is 3.87. The quantitative estimate of drug-likeness (QED) is 0.767. The Kier molecular flexibility index (Phi) is 2.97. The topological polar surface area (TPSA) is 83.8 Å². The molecule has 0 radical (unpaired) electrons. The Morgan fingerprint density at radius 1 is 1.53 bits per heavy atom. The van der Waals surface area contributed by atoms with E-state index in [2.05, 4.69) is 15.5 Å². The van der Waals surface area contributed by atoms with Crippen molar-refractivity contribution in [1.29, 1.82) is 0 Å². The first kappa shape index (κ1) is 11.4. The summed E-state index contributed by atoms with van der Waals surface area (Å²) in [7, 11) is 0. The van der Waals surface area contributed by atoms with E-state index < -0.39 is 11.7 Å². The molecule has 0 aliphatic carbocycles. The number of nitrogens with one attached hydrogen (secondary N) is 2. The second-order valence-electron chi connectivity index (χ2n) is 3.28. The van der Waals surface area contributed by atoms with Gasteiger partial charge in [0.2, 0.25) is 0 Å². The van der Waals surface area contributed by atoms with Gasteiger partial charge in [-0.05, 0) is 18.2 Å². The van der Waals surface area contributed by atoms with Gasteiger partial charge in [-0.1, -0.05) is 11.6 Å². The van der Waals surface area contributed by atoms with Crippen LogP contribution in [0.3, 0.4) is 0 Å². The summed E-state index contributed by atoms with van der Waals surface area (Å²) in [5.41, 5.74) is 6.07. The van der Waals surface area contributed by atoms with Crippen molar-refractivity contribution < 1.29 is 9.18 Å². The lowest BCUT2D eigenvalue weighted by atomic mass is 10.2. The van der Waals surface area contributed by atoms with E-state index in [1.54, 1.807) is 0 Å². The number of amides is 1. The van der Waals surface area contributed by atoms with E-state index in [0.29, 0.717) is 5.69 Å². The molecule has 1 aromatic heterocycles. The number of aromatic amines is 1. The van der Waals surface area contributed by atoms with E-state index in [0.717, 1.165) is 6.07 Å². The predicted octanol–water partition coefficient (Wildman–Crippen LogP) is 2.04. The van der Waals surface area contributed by atoms with Gasteiger partial charge in [-0.25, -0.2) is 4.39 Å². The molecule has 0 fully saturated rings. The van der Waals surface area contributed by atoms with Crippen LogP contribution in [0.1, 0.15) is 10.4 Å². The van der Waals surface area contributed by atoms with Gasteiger partial charge in [-0.15, -0.1) is 0 Å². The molecule has 0 bridgehead atoms. The Hall–Kier alpha value is -2.08. The molecule has 4 N–H and O–H groups in total. The number of nitrogens with zero attached hydrogens (tertiary/aromatic N) is 1. The fraction of sp³-hybridized carbons (Fsp3) is 0. The van der Waals surface area contributed by atoms with Crippen molar-refractivity contribution in [1.82, 2.24) is 10.2 Å². The summed E-state index contributed by atoms with van der Waals surface area (Å²) in [4.78, 5) is 11.7. The van der Waals surface area contributed by atoms with Gasteiger partial charge in [0.15, 0.2) is 0 Å². The van der Waals surface area contributed by atoms with Crippen LogP contribution in [0.5, 0.6) is 0 Å². The molecule has 0 saturated heterocycles. The number of carbonyl (C=O) groups excluding carboxylic acids is 1. The lowest BCUT2D eigenvalue weighted by Gasteiger charge is -2.04. The molecule has 1 heterocycles. The third-order valence-electron chi connectivity index (χ3n) is 2.09. The van der Waals surface area contributed by atoms with E-state index in [-0.39, 0.29) is 16.4 Å². The standard InChI is InChI=1S/C10H8ClFN4O/c11-7-3-5(1-2-8(7)12)15-10(17)6-4-14-16-9(6)13/h1-4H,(H,15,17)(H3,13,14,16). The number of nitrogen functional groups attached to an aromatic ring is 1. The van der Waals surface area contributed by atoms with Gasteiger partial charge < -0.3 is 11.1 Å². The van der Waals surface area contributed by atoms with E-state index in [1.807, 2.05) is 0 Å². The molecule has 1 amide bonds. The molecular formula is C10H8ClFN4O. The third-order valence-corrected chi connectivity index (χ3v) is 2.38. The highest BCUT2D eigenvalue weighted by molar-refractivity contribution is 6.31. The van der Waals surface area contributed by atoms with Crippen LogP contribution in [0.25, 0.3) is 0 Å². The fourth-order valence-electron chi connectivity index (χ4n) is 1.25. The van der Waals surface area contributed by atoms with Gasteiger partial charge in [0.05, 0.1) is 11.2 Å². The largest absolute Gasteiger partial charge is 0.383 e. The normalized spacial score (nSPS) is 10.2. The Labute approximate surface area is 101 Å². The maximum Gasteiger partial charge on any atom is 0.261 e. The molecule has 0 spiro atoms. The summed E-state index contributed by atoms with van der Waals surface area (Å²) in [6.07, 6.45) is 1.30. The molecule has 17 heavy (non-hydrogen) atoms. The number of carbonyl (C=O) groups is 1. The number of anilines is 2. The zero-order valence-electron chi connectivity index (χ0n) is 8.50. The first-order chi connectivity index (χ1) is 8.08. The van der Waals surface area contributed by atoms with E-state index in [9.17, 15) is 9.18 Å². The van der Waals surface area contributed by atoms with Crippen molar-refractivity contribution in [2.45, 2.75) is 0 Å². The number of halogens is 2. The van der Waals surface area contributed by atoms with Crippen LogP contribution >= 0.6 is 11.6 Å². The molecule has 7 heteroatoms. The van der Waals surface area contributed by atoms with Crippen molar-refractivity contribution in [2.24, 2.45) is 0 Å². The predicted molar refractivity (Wildman–Crippen MR) is 62.4 cm³/mol. The second kappa shape index (κ2) is 4.42. The minimum atomic E-state index is -0.549. The van der Waals surface area contributed by atoms with E-state index in [1.165, 1.54) is 18.3 Å². The van der Waals surface area contributed by atoms with Crippen LogP contribution in [0.4, 0.5) is 15.9 Å². The van der Waals surface area contributed by atoms with Gasteiger partial charge in [0, 0.05) is 5.69 Å². The van der Waals surface area contributed by atoms with Crippen molar-refractivity contribution in [3.8, 4) is 0 Å². The zero-order chi connectivity index (χ0) is 12.4. The molecular weight excluding hydrogens is 247 g/mol. The average Bonchev–Trinajstić information content (AvgIpc) is 2.70. The van der Waals surface area contributed by atoms with Crippen LogP contribution in [0, 0.1) is 5.82 Å². The van der Waals surface area contributed by atoms with Gasteiger partial charge in [-0.3, -0.25) is 9.89 Å². The molecule has 0 aliphatic heterocycles. The number of rotatable bonds is 2. The Bertz CT molecular complexity index is 569. The summed E-state index contributed by atoms with van der Waals surface area (Å²) >= 11 is 5.58. The highest BCUT2D eigenvalue weighted by Gasteiger charge is 2.12. The maximum absolute atomic E-state index is 12.9. The lowest BCUT2D eigenvalue weighted by Crippen LogP contribution is -2.12. The number of hydrogen-bond acceptors (Lipinski definition) is 3. The van der Waals surface area contributed by atoms with Gasteiger partial charge in [0.25, 0.3) is 5.91 Å². The smallest absolute Gasteiger partial charge is 0.261 e. The van der Waals surface area contributed by atoms with Crippen molar-refractivity contribution in [2.75, 3.05) is 11.1 Å². The Balaban J connectivity index is 2.19. The number of benzene rings is 1. The first-order valence-electron chi connectivity index (χ1n) is 4.63. The van der Waals surface area contributed by atoms with Crippen LogP contribution in [-0.4, -0.2) is 16.1 Å². The average molecular weight is 255 g/mol. The Morgan fingerprint density at radius 2 is 2.29 bits per heavy atom. The zero-order valence-corrected chi connectivity index (χ0v) is 9.25. The summed E-state index contributed by atoms with van der Waals surface area (Å²) in [6.45, 7) is 0. The summed E-state index contributed by atoms with van der Waals surface area (Å²) < 4.78 is 12.9. The van der Waals surface area contributed by atoms with Gasteiger partial charge in [0.1, 0.15) is 17.2 Å². The molecule has 0 atom stereocenters. The van der Waals surface area contributed by atoms with Crippen molar-refractivity contribution in [3.63, 3.8) is 0 Å². The lowest BCUT2D eigenvalue weighted by molar-refractivity contribution is 0.102. The molecule has 1 aromatic carbocycles. The van der Waals surface area contributed by atoms with Gasteiger partial charge >= 0.3 is 0 Å². The highest BCUT2D eigenvalue weighted by atomic mass is 35.5. The third kappa shape index (κ3) is 2.36. The number of aromatic nitrogens is 2. The van der Waals surface area contributed by atoms with E-state index >= 15 is 0 Å². The highest BCUT2D eigenvalue weighted by Crippen LogP contribution is 2.20. The molecule has 5 nitrogen and oxygen atoms in total. The second-order valence-corrected chi connectivity index (χ2v) is 3.69. The Morgan fingerprint density at radius 3 is 2.88 bits per heavy atom. The number of hydrogen-bond donors (Lipinski definition) is 3. The number of H-pyrrole nitrogens is 1. The van der Waals surface area contributed by atoms with Gasteiger partial charge in [-0.2, -0.15) is 5.10 Å². The van der Waals surface area contributed by atoms with Crippen LogP contribution in [-0.2, 0) is 0 Å². The molecule has 2 aromatic rings. The SMILES string of the molecule is Nc1[nH]ncc1C(=O)Nc1ccc(F)c(Cl)c1. The molecule has 0 unspecified atom stereocenters. The van der Waals surface area contributed by atoms with Crippen molar-refractivity contribution in [3.05, 3.63) is 40.8 Å². The summed E-state index contributed by atoms with van der Waals surface area (Å²) in [5, 5.41) is 8.51. The molecule has 0 aliphatic rings. The minimum Gasteiger partial charge on any atom is -0.383 e. The number of nitrogens with two attached hydrogens (primary N) is 1.